The number of nitrogens with zero attached hydrogens (tertiary/aromatic N) is 2. The van der Waals surface area contributed by atoms with Crippen molar-refractivity contribution in [1.82, 2.24) is 4.90 Å². The topological polar surface area (TPSA) is 27.0 Å². The van der Waals surface area contributed by atoms with Gasteiger partial charge in [0.05, 0.1) is 12.6 Å². The van der Waals surface area contributed by atoms with Gasteiger partial charge < -0.3 is 0 Å². The highest BCUT2D eigenvalue weighted by Crippen LogP contribution is 2.08. The highest BCUT2D eigenvalue weighted by Gasteiger charge is 1.99. The Bertz CT molecular complexity index is 321. The van der Waals surface area contributed by atoms with E-state index in [1.54, 1.807) is 0 Å². The van der Waals surface area contributed by atoms with Crippen LogP contribution in [0.3, 0.4) is 0 Å². The average molecular weight is 202 g/mol. The van der Waals surface area contributed by atoms with Crippen LogP contribution in [0.5, 0.6) is 0 Å². The van der Waals surface area contributed by atoms with Crippen molar-refractivity contribution in [3.8, 4) is 6.07 Å². The van der Waals surface area contributed by atoms with E-state index in [-0.39, 0.29) is 0 Å². The Hall–Kier alpha value is -1.33. The lowest BCUT2D eigenvalue weighted by Crippen LogP contribution is -2.17. The second-order valence-electron chi connectivity index (χ2n) is 3.90. The minimum absolute atomic E-state index is 0.483. The van der Waals surface area contributed by atoms with Crippen molar-refractivity contribution in [3.63, 3.8) is 0 Å². The van der Waals surface area contributed by atoms with Gasteiger partial charge in [0, 0.05) is 6.54 Å². The number of hydrogen-bond acceptors (Lipinski definition) is 2. The summed E-state index contributed by atoms with van der Waals surface area (Å²) in [5.74, 6) is 0. The van der Waals surface area contributed by atoms with Gasteiger partial charge in [-0.25, -0.2) is 0 Å². The lowest BCUT2D eigenvalue weighted by Gasteiger charge is -2.12. The summed E-state index contributed by atoms with van der Waals surface area (Å²) in [5.41, 5.74) is 2.66. The van der Waals surface area contributed by atoms with E-state index in [2.05, 4.69) is 37.3 Å². The smallest absolute Gasteiger partial charge is 0.0866 e. The van der Waals surface area contributed by atoms with Crippen LogP contribution in [0.2, 0.25) is 0 Å². The number of rotatable bonds is 5. The molecule has 0 aliphatic carbocycles. The van der Waals surface area contributed by atoms with E-state index in [1.165, 1.54) is 17.5 Å². The summed E-state index contributed by atoms with van der Waals surface area (Å²) in [6, 6.07) is 10.8. The first-order valence-corrected chi connectivity index (χ1v) is 5.39. The van der Waals surface area contributed by atoms with Gasteiger partial charge in [-0.05, 0) is 24.6 Å². The van der Waals surface area contributed by atoms with Crippen LogP contribution in [0.15, 0.2) is 24.3 Å². The van der Waals surface area contributed by atoms with E-state index in [1.807, 2.05) is 11.9 Å². The molecule has 80 valence electrons. The van der Waals surface area contributed by atoms with Crippen LogP contribution in [0.25, 0.3) is 0 Å². The largest absolute Gasteiger partial charge is 0.289 e. The van der Waals surface area contributed by atoms with E-state index in [0.29, 0.717) is 6.54 Å². The lowest BCUT2D eigenvalue weighted by atomic mass is 10.1. The molecule has 0 spiro atoms. The normalized spacial score (nSPS) is 10.3. The fourth-order valence-electron chi connectivity index (χ4n) is 1.59. The third-order valence-electron chi connectivity index (χ3n) is 2.35. The van der Waals surface area contributed by atoms with Gasteiger partial charge >= 0.3 is 0 Å². The molecule has 0 saturated heterocycles. The third-order valence-corrected chi connectivity index (χ3v) is 2.35. The van der Waals surface area contributed by atoms with E-state index in [9.17, 15) is 0 Å². The van der Waals surface area contributed by atoms with Crippen LogP contribution in [0.1, 0.15) is 24.5 Å². The third kappa shape index (κ3) is 4.14. The van der Waals surface area contributed by atoms with Gasteiger partial charge in [0.25, 0.3) is 0 Å². The van der Waals surface area contributed by atoms with Crippen molar-refractivity contribution in [2.75, 3.05) is 13.6 Å². The van der Waals surface area contributed by atoms with Gasteiger partial charge in [0.2, 0.25) is 0 Å². The standard InChI is InChI=1S/C13H18N2/c1-3-4-12-5-7-13(8-6-12)11-15(2)10-9-14/h5-8H,3-4,10-11H2,1-2H3. The van der Waals surface area contributed by atoms with Crippen LogP contribution in [0, 0.1) is 11.3 Å². The Morgan fingerprint density at radius 2 is 1.80 bits per heavy atom. The SMILES string of the molecule is CCCc1ccc(CN(C)CC#N)cc1. The molecule has 0 saturated carbocycles. The maximum atomic E-state index is 8.54. The van der Waals surface area contributed by atoms with Crippen molar-refractivity contribution >= 4 is 0 Å². The summed E-state index contributed by atoms with van der Waals surface area (Å²) < 4.78 is 0. The minimum atomic E-state index is 0.483. The van der Waals surface area contributed by atoms with E-state index >= 15 is 0 Å². The summed E-state index contributed by atoms with van der Waals surface area (Å²) in [4.78, 5) is 2.01. The summed E-state index contributed by atoms with van der Waals surface area (Å²) in [6.07, 6.45) is 2.34. The van der Waals surface area contributed by atoms with Gasteiger partial charge in [0.15, 0.2) is 0 Å². The first-order valence-electron chi connectivity index (χ1n) is 5.39. The minimum Gasteiger partial charge on any atom is -0.289 e. The number of benzene rings is 1. The maximum absolute atomic E-state index is 8.54. The van der Waals surface area contributed by atoms with Crippen LogP contribution < -0.4 is 0 Å². The van der Waals surface area contributed by atoms with E-state index in [4.69, 9.17) is 5.26 Å². The molecule has 15 heavy (non-hydrogen) atoms. The molecular formula is C13H18N2. The van der Waals surface area contributed by atoms with Gasteiger partial charge in [-0.1, -0.05) is 37.6 Å². The predicted octanol–water partition coefficient (Wildman–Crippen LogP) is 2.59. The summed E-state index contributed by atoms with van der Waals surface area (Å²) >= 11 is 0. The molecule has 0 fully saturated rings. The molecule has 0 unspecified atom stereocenters. The van der Waals surface area contributed by atoms with Crippen molar-refractivity contribution < 1.29 is 0 Å². The fourth-order valence-corrected chi connectivity index (χ4v) is 1.59. The Balaban J connectivity index is 2.53. The van der Waals surface area contributed by atoms with Crippen molar-refractivity contribution in [1.29, 1.82) is 5.26 Å². The quantitative estimate of drug-likeness (QED) is 0.686. The Labute approximate surface area is 92.1 Å². The summed E-state index contributed by atoms with van der Waals surface area (Å²) in [5, 5.41) is 8.54. The Kier molecular flexibility index (Phi) is 4.86. The molecular weight excluding hydrogens is 184 g/mol. The molecule has 0 aliphatic rings. The molecule has 0 heterocycles. The molecule has 0 radical (unpaired) electrons. The van der Waals surface area contributed by atoms with Crippen LogP contribution in [0.4, 0.5) is 0 Å². The molecule has 0 aliphatic heterocycles. The fraction of sp³-hybridized carbons (Fsp3) is 0.462. The summed E-state index contributed by atoms with van der Waals surface area (Å²) in [7, 11) is 1.96. The first kappa shape index (κ1) is 11.7. The second-order valence-corrected chi connectivity index (χ2v) is 3.90. The van der Waals surface area contributed by atoms with Crippen molar-refractivity contribution in [2.45, 2.75) is 26.3 Å². The molecule has 0 atom stereocenters. The van der Waals surface area contributed by atoms with Gasteiger partial charge in [0.1, 0.15) is 0 Å². The zero-order valence-electron chi connectivity index (χ0n) is 9.53. The Morgan fingerprint density at radius 3 is 2.33 bits per heavy atom. The molecule has 1 aromatic rings. The maximum Gasteiger partial charge on any atom is 0.0866 e. The van der Waals surface area contributed by atoms with Crippen LogP contribution in [-0.4, -0.2) is 18.5 Å². The molecule has 1 aromatic carbocycles. The highest BCUT2D eigenvalue weighted by atomic mass is 15.1. The zero-order chi connectivity index (χ0) is 11.1. The molecule has 2 nitrogen and oxygen atoms in total. The monoisotopic (exact) mass is 202 g/mol. The Morgan fingerprint density at radius 1 is 1.20 bits per heavy atom. The number of aryl methyl sites for hydroxylation is 1. The predicted molar refractivity (Wildman–Crippen MR) is 62.4 cm³/mol. The average Bonchev–Trinajstić information content (AvgIpc) is 2.22. The van der Waals surface area contributed by atoms with Gasteiger partial charge in [-0.2, -0.15) is 5.26 Å². The van der Waals surface area contributed by atoms with Gasteiger partial charge in [-0.3, -0.25) is 4.90 Å². The second kappa shape index (κ2) is 6.21. The van der Waals surface area contributed by atoms with Crippen LogP contribution >= 0.6 is 0 Å². The molecule has 0 amide bonds. The van der Waals surface area contributed by atoms with Crippen LogP contribution in [-0.2, 0) is 13.0 Å². The lowest BCUT2D eigenvalue weighted by molar-refractivity contribution is 0.367. The molecule has 0 bridgehead atoms. The van der Waals surface area contributed by atoms with Gasteiger partial charge in [-0.15, -0.1) is 0 Å². The molecule has 0 N–H and O–H groups in total. The molecule has 0 aromatic heterocycles. The van der Waals surface area contributed by atoms with Crippen molar-refractivity contribution in [2.24, 2.45) is 0 Å². The highest BCUT2D eigenvalue weighted by molar-refractivity contribution is 5.22. The van der Waals surface area contributed by atoms with Crippen molar-refractivity contribution in [3.05, 3.63) is 35.4 Å². The number of nitriles is 1. The molecule has 2 heteroatoms. The zero-order valence-corrected chi connectivity index (χ0v) is 9.53. The summed E-state index contributed by atoms with van der Waals surface area (Å²) in [6.45, 7) is 3.52. The number of hydrogen-bond donors (Lipinski definition) is 0. The first-order chi connectivity index (χ1) is 7.26. The van der Waals surface area contributed by atoms with E-state index < -0.39 is 0 Å². The van der Waals surface area contributed by atoms with E-state index in [0.717, 1.165) is 13.0 Å². The molecule has 1 rings (SSSR count).